The maximum Gasteiger partial charge on any atom is 0.310 e. The number of carbonyl (C=O) groups is 1. The Morgan fingerprint density at radius 3 is 2.69 bits per heavy atom. The predicted molar refractivity (Wildman–Crippen MR) is 63.1 cm³/mol. The van der Waals surface area contributed by atoms with E-state index in [4.69, 9.17) is 4.74 Å². The van der Waals surface area contributed by atoms with E-state index in [0.29, 0.717) is 12.5 Å². The van der Waals surface area contributed by atoms with E-state index in [0.717, 1.165) is 19.0 Å². The van der Waals surface area contributed by atoms with Crippen LogP contribution in [-0.2, 0) is 9.53 Å². The standard InChI is InChI=1S/C13H23NO2/c1-2-16-13(15)12-9-14-8-11(12)10-6-4-3-5-7-10/h10-12,14H,2-9H2,1H3/t11-,12+/m0/s1. The van der Waals surface area contributed by atoms with E-state index >= 15 is 0 Å². The lowest BCUT2D eigenvalue weighted by Gasteiger charge is -2.29. The molecule has 1 aliphatic carbocycles. The zero-order valence-corrected chi connectivity index (χ0v) is 10.2. The molecule has 2 rings (SSSR count). The second kappa shape index (κ2) is 5.67. The van der Waals surface area contributed by atoms with Gasteiger partial charge in [-0.25, -0.2) is 0 Å². The molecule has 0 bridgehead atoms. The first-order chi connectivity index (χ1) is 7.83. The summed E-state index contributed by atoms with van der Waals surface area (Å²) < 4.78 is 5.17. The molecule has 0 aromatic rings. The van der Waals surface area contributed by atoms with Gasteiger partial charge in [0.15, 0.2) is 0 Å². The van der Waals surface area contributed by atoms with Crippen LogP contribution in [0.4, 0.5) is 0 Å². The number of nitrogens with one attached hydrogen (secondary N) is 1. The molecule has 3 heteroatoms. The van der Waals surface area contributed by atoms with Crippen LogP contribution < -0.4 is 5.32 Å². The van der Waals surface area contributed by atoms with Crippen molar-refractivity contribution in [2.75, 3.05) is 19.7 Å². The van der Waals surface area contributed by atoms with E-state index in [1.165, 1.54) is 32.1 Å². The van der Waals surface area contributed by atoms with Crippen molar-refractivity contribution in [2.45, 2.75) is 39.0 Å². The highest BCUT2D eigenvalue weighted by Crippen LogP contribution is 2.36. The fourth-order valence-corrected chi connectivity index (χ4v) is 3.26. The molecule has 0 spiro atoms. The minimum absolute atomic E-state index is 0.0167. The molecule has 1 saturated heterocycles. The van der Waals surface area contributed by atoms with Crippen LogP contribution in [0.25, 0.3) is 0 Å². The lowest BCUT2D eigenvalue weighted by molar-refractivity contribution is -0.149. The normalized spacial score (nSPS) is 31.6. The number of rotatable bonds is 3. The Bertz CT molecular complexity index is 236. The molecular formula is C13H23NO2. The molecule has 0 amide bonds. The second-order valence-electron chi connectivity index (χ2n) is 5.08. The van der Waals surface area contributed by atoms with Crippen molar-refractivity contribution in [3.8, 4) is 0 Å². The number of esters is 1. The summed E-state index contributed by atoms with van der Waals surface area (Å²) in [6, 6.07) is 0. The Balaban J connectivity index is 1.93. The lowest BCUT2D eigenvalue weighted by atomic mass is 9.75. The maximum absolute atomic E-state index is 11.8. The molecule has 16 heavy (non-hydrogen) atoms. The van der Waals surface area contributed by atoms with Gasteiger partial charge in [0.1, 0.15) is 0 Å². The molecule has 1 saturated carbocycles. The van der Waals surface area contributed by atoms with Crippen LogP contribution in [0.1, 0.15) is 39.0 Å². The lowest BCUT2D eigenvalue weighted by Crippen LogP contribution is -2.31. The van der Waals surface area contributed by atoms with Crippen LogP contribution >= 0.6 is 0 Å². The Morgan fingerprint density at radius 2 is 2.00 bits per heavy atom. The van der Waals surface area contributed by atoms with Crippen LogP contribution in [0.5, 0.6) is 0 Å². The van der Waals surface area contributed by atoms with Crippen molar-refractivity contribution in [1.82, 2.24) is 5.32 Å². The zero-order chi connectivity index (χ0) is 11.4. The smallest absolute Gasteiger partial charge is 0.310 e. The van der Waals surface area contributed by atoms with E-state index < -0.39 is 0 Å². The molecular weight excluding hydrogens is 202 g/mol. The monoisotopic (exact) mass is 225 g/mol. The SMILES string of the molecule is CCOC(=O)[C@@H]1CNC[C@H]1C1CCCCC1. The average molecular weight is 225 g/mol. The fourth-order valence-electron chi connectivity index (χ4n) is 3.26. The summed E-state index contributed by atoms with van der Waals surface area (Å²) in [6.07, 6.45) is 6.68. The average Bonchev–Trinajstić information content (AvgIpc) is 2.79. The molecule has 1 heterocycles. The van der Waals surface area contributed by atoms with E-state index in [9.17, 15) is 4.79 Å². The highest BCUT2D eigenvalue weighted by molar-refractivity contribution is 5.73. The Kier molecular flexibility index (Phi) is 4.22. The van der Waals surface area contributed by atoms with Crippen LogP contribution in [0, 0.1) is 17.8 Å². The summed E-state index contributed by atoms with van der Waals surface area (Å²) in [6.45, 7) is 4.22. The van der Waals surface area contributed by atoms with E-state index in [1.807, 2.05) is 6.92 Å². The van der Waals surface area contributed by atoms with Crippen molar-refractivity contribution >= 4 is 5.97 Å². The van der Waals surface area contributed by atoms with Crippen molar-refractivity contribution in [2.24, 2.45) is 17.8 Å². The molecule has 3 nitrogen and oxygen atoms in total. The van der Waals surface area contributed by atoms with Gasteiger partial charge in [-0.15, -0.1) is 0 Å². The van der Waals surface area contributed by atoms with Gasteiger partial charge in [0.2, 0.25) is 0 Å². The molecule has 0 aromatic heterocycles. The largest absolute Gasteiger partial charge is 0.466 e. The summed E-state index contributed by atoms with van der Waals surface area (Å²) in [4.78, 5) is 11.8. The summed E-state index contributed by atoms with van der Waals surface area (Å²) in [7, 11) is 0. The molecule has 2 atom stereocenters. The summed E-state index contributed by atoms with van der Waals surface area (Å²) in [5.41, 5.74) is 0. The van der Waals surface area contributed by atoms with Gasteiger partial charge in [0, 0.05) is 6.54 Å². The van der Waals surface area contributed by atoms with Gasteiger partial charge in [-0.2, -0.15) is 0 Å². The third kappa shape index (κ3) is 2.57. The van der Waals surface area contributed by atoms with Crippen molar-refractivity contribution in [3.05, 3.63) is 0 Å². The Labute approximate surface area is 97.9 Å². The van der Waals surface area contributed by atoms with Crippen LogP contribution in [0.2, 0.25) is 0 Å². The van der Waals surface area contributed by atoms with Crippen molar-refractivity contribution in [1.29, 1.82) is 0 Å². The molecule has 0 aromatic carbocycles. The fraction of sp³-hybridized carbons (Fsp3) is 0.923. The number of ether oxygens (including phenoxy) is 1. The molecule has 0 radical (unpaired) electrons. The van der Waals surface area contributed by atoms with Crippen LogP contribution in [-0.4, -0.2) is 25.7 Å². The van der Waals surface area contributed by atoms with Crippen LogP contribution in [0.3, 0.4) is 0 Å². The first kappa shape index (κ1) is 11.9. The van der Waals surface area contributed by atoms with E-state index in [1.54, 1.807) is 0 Å². The van der Waals surface area contributed by atoms with Gasteiger partial charge in [0.25, 0.3) is 0 Å². The number of hydrogen-bond donors (Lipinski definition) is 1. The third-order valence-corrected chi connectivity index (χ3v) is 4.11. The van der Waals surface area contributed by atoms with Crippen LogP contribution in [0.15, 0.2) is 0 Å². The maximum atomic E-state index is 11.8. The third-order valence-electron chi connectivity index (χ3n) is 4.11. The molecule has 0 unspecified atom stereocenters. The summed E-state index contributed by atoms with van der Waals surface area (Å²) in [5, 5.41) is 3.36. The summed E-state index contributed by atoms with van der Waals surface area (Å²) >= 11 is 0. The predicted octanol–water partition coefficient (Wildman–Crippen LogP) is 1.97. The van der Waals surface area contributed by atoms with Crippen molar-refractivity contribution < 1.29 is 9.53 Å². The quantitative estimate of drug-likeness (QED) is 0.746. The van der Waals surface area contributed by atoms with E-state index in [-0.39, 0.29) is 11.9 Å². The Morgan fingerprint density at radius 1 is 1.25 bits per heavy atom. The molecule has 2 aliphatic rings. The number of carbonyl (C=O) groups excluding carboxylic acids is 1. The van der Waals surface area contributed by atoms with E-state index in [2.05, 4.69) is 5.32 Å². The number of hydrogen-bond acceptors (Lipinski definition) is 3. The van der Waals surface area contributed by atoms with Gasteiger partial charge in [0.05, 0.1) is 12.5 Å². The van der Waals surface area contributed by atoms with Gasteiger partial charge in [-0.05, 0) is 25.3 Å². The first-order valence-electron chi connectivity index (χ1n) is 6.70. The topological polar surface area (TPSA) is 38.3 Å². The highest BCUT2D eigenvalue weighted by Gasteiger charge is 2.38. The molecule has 2 fully saturated rings. The molecule has 1 aliphatic heterocycles. The van der Waals surface area contributed by atoms with Gasteiger partial charge >= 0.3 is 5.97 Å². The zero-order valence-electron chi connectivity index (χ0n) is 10.2. The Hall–Kier alpha value is -0.570. The second-order valence-corrected chi connectivity index (χ2v) is 5.08. The van der Waals surface area contributed by atoms with Gasteiger partial charge < -0.3 is 10.1 Å². The molecule has 1 N–H and O–H groups in total. The van der Waals surface area contributed by atoms with Gasteiger partial charge in [-0.3, -0.25) is 4.79 Å². The summed E-state index contributed by atoms with van der Waals surface area (Å²) in [5.74, 6) is 1.41. The highest BCUT2D eigenvalue weighted by atomic mass is 16.5. The van der Waals surface area contributed by atoms with Crippen molar-refractivity contribution in [3.63, 3.8) is 0 Å². The minimum Gasteiger partial charge on any atom is -0.466 e. The molecule has 92 valence electrons. The minimum atomic E-state index is 0.0167. The first-order valence-corrected chi connectivity index (χ1v) is 6.70. The van der Waals surface area contributed by atoms with Gasteiger partial charge in [-0.1, -0.05) is 32.1 Å².